The minimum atomic E-state index is -3.17. The van der Waals surface area contributed by atoms with Crippen molar-refractivity contribution < 1.29 is 32.2 Å². The molecule has 0 saturated carbocycles. The van der Waals surface area contributed by atoms with Crippen LogP contribution in [0.25, 0.3) is 28.0 Å². The maximum absolute atomic E-state index is 9.83. The number of fused-ring (bicyclic) bond motifs is 8. The average Bonchev–Trinajstić information content (AvgIpc) is 3.46. The van der Waals surface area contributed by atoms with Crippen molar-refractivity contribution in [1.29, 1.82) is 5.26 Å². The van der Waals surface area contributed by atoms with Gasteiger partial charge < -0.3 is 32.2 Å². The third-order valence-electron chi connectivity index (χ3n) is 11.7. The fraction of sp³-hybridized carbons (Fsp3) is 0.436. The fourth-order valence-corrected chi connectivity index (χ4v) is 13.4. The fourth-order valence-electron chi connectivity index (χ4n) is 9.24. The Morgan fingerprint density at radius 2 is 1.25 bits per heavy atom. The number of rotatable bonds is 14. The normalized spacial score (nSPS) is 17.0. The lowest BCUT2D eigenvalue weighted by molar-refractivity contribution is -0.0823. The first-order valence-electron chi connectivity index (χ1n) is 22.5. The van der Waals surface area contributed by atoms with Gasteiger partial charge in [0.25, 0.3) is 0 Å². The van der Waals surface area contributed by atoms with Crippen LogP contribution in [0.15, 0.2) is 97.1 Å². The summed E-state index contributed by atoms with van der Waals surface area (Å²) in [5.74, 6) is 2.33. The first-order chi connectivity index (χ1) is 29.9. The van der Waals surface area contributed by atoms with Crippen LogP contribution in [0.3, 0.4) is 0 Å². The van der Waals surface area contributed by atoms with Crippen molar-refractivity contribution in [3.8, 4) is 34.4 Å². The lowest BCUT2D eigenvalue weighted by Crippen LogP contribution is -2.57. The monoisotopic (exact) mass is 881 g/mol. The number of ether oxygens (including phenoxy) is 4. The van der Waals surface area contributed by atoms with Gasteiger partial charge in [-0.05, 0) is 153 Å². The molecule has 0 N–H and O–H groups in total. The summed E-state index contributed by atoms with van der Waals surface area (Å²) < 4.78 is 46.0. The van der Waals surface area contributed by atoms with E-state index in [0.717, 1.165) is 55.8 Å². The van der Waals surface area contributed by atoms with E-state index in [9.17, 15) is 5.26 Å². The molecular weight excluding hydrogens is 815 g/mol. The maximum Gasteiger partial charge on any atom is 0.502 e. The molecule has 338 valence electrons. The molecule has 0 fully saturated rings. The van der Waals surface area contributed by atoms with E-state index < -0.39 is 36.8 Å². The second-order valence-corrected chi connectivity index (χ2v) is 23.7. The summed E-state index contributed by atoms with van der Waals surface area (Å²) in [6.07, 6.45) is 5.11. The molecule has 0 radical (unpaired) electrons. The molecule has 64 heavy (non-hydrogen) atoms. The van der Waals surface area contributed by atoms with Crippen molar-refractivity contribution >= 4 is 25.7 Å². The predicted molar refractivity (Wildman–Crippen MR) is 259 cm³/mol. The molecular formula is C55H67NO7Si. The predicted octanol–water partition coefficient (Wildman–Crippen LogP) is 13.3. The van der Waals surface area contributed by atoms with Gasteiger partial charge in [0, 0.05) is 33.5 Å². The van der Waals surface area contributed by atoms with Gasteiger partial charge in [0.1, 0.15) is 23.9 Å². The quantitative estimate of drug-likeness (QED) is 0.0805. The highest BCUT2D eigenvalue weighted by Crippen LogP contribution is 2.58. The molecule has 9 heteroatoms. The van der Waals surface area contributed by atoms with E-state index in [1.165, 1.54) is 11.1 Å². The second kappa shape index (κ2) is 17.1. The molecule has 1 aliphatic heterocycles. The summed E-state index contributed by atoms with van der Waals surface area (Å²) in [6, 6.07) is 33.8. The van der Waals surface area contributed by atoms with Crippen molar-refractivity contribution in [2.24, 2.45) is 0 Å². The Hall–Kier alpha value is -4.95. The highest BCUT2D eigenvalue weighted by molar-refractivity contribution is 6.61. The van der Waals surface area contributed by atoms with Crippen molar-refractivity contribution in [3.63, 3.8) is 0 Å². The summed E-state index contributed by atoms with van der Waals surface area (Å²) >= 11 is 0. The Kier molecular flexibility index (Phi) is 12.6. The molecule has 0 spiro atoms. The Bertz CT molecular complexity index is 2530. The molecule has 1 atom stereocenters. The maximum atomic E-state index is 9.83. The molecule has 1 heterocycles. The highest BCUT2D eigenvalue weighted by atomic mass is 28.4. The molecule has 5 aromatic carbocycles. The molecule has 2 aliphatic rings. The Morgan fingerprint density at radius 3 is 1.80 bits per heavy atom. The van der Waals surface area contributed by atoms with Gasteiger partial charge in [-0.3, -0.25) is 0 Å². The van der Waals surface area contributed by atoms with E-state index in [1.54, 1.807) is 7.11 Å². The van der Waals surface area contributed by atoms with Gasteiger partial charge in [-0.15, -0.1) is 0 Å². The van der Waals surface area contributed by atoms with Crippen LogP contribution in [-0.2, 0) is 29.0 Å². The van der Waals surface area contributed by atoms with Gasteiger partial charge in [0.05, 0.1) is 47.8 Å². The topological polar surface area (TPSA) is 88.4 Å². The summed E-state index contributed by atoms with van der Waals surface area (Å²) in [6.45, 7) is 27.9. The lowest BCUT2D eigenvalue weighted by Gasteiger charge is -2.44. The molecule has 0 aromatic heterocycles. The average molecular weight is 882 g/mol. The molecule has 0 amide bonds. The molecule has 0 bridgehead atoms. The van der Waals surface area contributed by atoms with Gasteiger partial charge in [0.15, 0.2) is 5.60 Å². The molecule has 8 nitrogen and oxygen atoms in total. The number of hydrogen-bond donors (Lipinski definition) is 0. The third-order valence-corrected chi connectivity index (χ3v) is 15.4. The number of nitriles is 1. The van der Waals surface area contributed by atoms with Crippen LogP contribution >= 0.6 is 0 Å². The standard InChI is InChI=1S/C55H67NO7Si/c1-50(2,3)61-64(62-51(4,5)6,63-52(7,8)9)34-31-53(10,11)59-33-32-58-41-26-22-39(23-27-41)55(38-20-24-40(57-14)25-21-38)30-29-45-48-47(42-17-15-16-18-43(42)49(45)60-55)44-28-19-37(36-56)35-46(44)54(48,12)13/h15-30,35H,31-34H2,1-14H3. The van der Waals surface area contributed by atoms with Crippen LogP contribution < -0.4 is 14.2 Å². The van der Waals surface area contributed by atoms with E-state index >= 15 is 0 Å². The van der Waals surface area contributed by atoms with Crippen molar-refractivity contribution in [1.82, 2.24) is 0 Å². The third kappa shape index (κ3) is 9.83. The summed E-state index contributed by atoms with van der Waals surface area (Å²) in [4.78, 5) is 0. The zero-order valence-corrected chi connectivity index (χ0v) is 41.4. The minimum Gasteiger partial charge on any atom is -0.497 e. The number of hydrogen-bond acceptors (Lipinski definition) is 8. The lowest BCUT2D eigenvalue weighted by atomic mass is 9.76. The summed E-state index contributed by atoms with van der Waals surface area (Å²) in [7, 11) is -1.49. The molecule has 7 rings (SSSR count). The molecule has 0 saturated heterocycles. The summed E-state index contributed by atoms with van der Waals surface area (Å²) in [5.41, 5.74) is 5.19. The first-order valence-corrected chi connectivity index (χ1v) is 24.5. The second-order valence-electron chi connectivity index (χ2n) is 21.2. The van der Waals surface area contributed by atoms with Crippen LogP contribution in [-0.4, -0.2) is 51.5 Å². The van der Waals surface area contributed by atoms with Crippen LogP contribution in [0, 0.1) is 11.3 Å². The zero-order chi connectivity index (χ0) is 46.5. The van der Waals surface area contributed by atoms with E-state index in [2.05, 4.69) is 163 Å². The number of benzene rings is 5. The van der Waals surface area contributed by atoms with Crippen LogP contribution in [0.1, 0.15) is 130 Å². The molecule has 1 aliphatic carbocycles. The van der Waals surface area contributed by atoms with Gasteiger partial charge in [-0.1, -0.05) is 74.5 Å². The smallest absolute Gasteiger partial charge is 0.497 e. The number of nitrogens with zero attached hydrogens (tertiary/aromatic N) is 1. The molecule has 1 unspecified atom stereocenters. The SMILES string of the molecule is COc1ccc(C2(c3ccc(OCCOC(C)(C)CC[Si](OC(C)(C)C)(OC(C)(C)C)OC(C)(C)C)cc3)C=Cc3c4c(c5ccccc5c3O2)-c2ccc(C#N)cc2C4(C)C)cc1. The van der Waals surface area contributed by atoms with Crippen molar-refractivity contribution in [2.45, 2.75) is 136 Å². The van der Waals surface area contributed by atoms with E-state index in [4.69, 9.17) is 32.2 Å². The van der Waals surface area contributed by atoms with Crippen LogP contribution in [0.2, 0.25) is 6.04 Å². The van der Waals surface area contributed by atoms with Crippen LogP contribution in [0.4, 0.5) is 0 Å². The Morgan fingerprint density at radius 1 is 0.688 bits per heavy atom. The van der Waals surface area contributed by atoms with E-state index in [1.807, 2.05) is 36.4 Å². The Balaban J connectivity index is 1.13. The highest BCUT2D eigenvalue weighted by Gasteiger charge is 2.51. The van der Waals surface area contributed by atoms with E-state index in [0.29, 0.717) is 31.2 Å². The van der Waals surface area contributed by atoms with Gasteiger partial charge in [-0.2, -0.15) is 5.26 Å². The Labute approximate surface area is 382 Å². The van der Waals surface area contributed by atoms with Gasteiger partial charge in [0.2, 0.25) is 0 Å². The minimum absolute atomic E-state index is 0.369. The largest absolute Gasteiger partial charge is 0.502 e. The number of methoxy groups -OCH3 is 1. The zero-order valence-electron chi connectivity index (χ0n) is 40.4. The van der Waals surface area contributed by atoms with Crippen molar-refractivity contribution in [2.75, 3.05) is 20.3 Å². The van der Waals surface area contributed by atoms with Gasteiger partial charge in [-0.25, -0.2) is 0 Å². The van der Waals surface area contributed by atoms with E-state index in [-0.39, 0.29) is 5.41 Å². The summed E-state index contributed by atoms with van der Waals surface area (Å²) in [5, 5.41) is 12.0. The van der Waals surface area contributed by atoms with Gasteiger partial charge >= 0.3 is 8.80 Å². The van der Waals surface area contributed by atoms with Crippen LogP contribution in [0.5, 0.6) is 17.2 Å². The van der Waals surface area contributed by atoms with Crippen molar-refractivity contribution in [3.05, 3.63) is 130 Å². The molecule has 5 aromatic rings. The first kappa shape index (κ1) is 47.0.